The SMILES string of the molecule is O=C(NCc1ccccc1OC1CCC1)NC1CCC(O)CC1. The minimum absolute atomic E-state index is 0.148. The summed E-state index contributed by atoms with van der Waals surface area (Å²) in [5, 5.41) is 15.4. The Labute approximate surface area is 137 Å². The van der Waals surface area contributed by atoms with Gasteiger partial charge in [0, 0.05) is 18.2 Å². The Balaban J connectivity index is 1.46. The highest BCUT2D eigenvalue weighted by Gasteiger charge is 2.22. The Bertz CT molecular complexity index is 523. The number of ether oxygens (including phenoxy) is 1. The molecule has 2 amide bonds. The Morgan fingerprint density at radius 1 is 1.13 bits per heavy atom. The average molecular weight is 318 g/mol. The molecule has 5 heteroatoms. The summed E-state index contributed by atoms with van der Waals surface area (Å²) in [5.74, 6) is 0.873. The summed E-state index contributed by atoms with van der Waals surface area (Å²) in [7, 11) is 0. The Morgan fingerprint density at radius 2 is 1.87 bits per heavy atom. The van der Waals surface area contributed by atoms with Crippen LogP contribution in [-0.2, 0) is 6.54 Å². The van der Waals surface area contributed by atoms with E-state index in [0.29, 0.717) is 12.6 Å². The van der Waals surface area contributed by atoms with E-state index >= 15 is 0 Å². The topological polar surface area (TPSA) is 70.6 Å². The number of aliphatic hydroxyl groups excluding tert-OH is 1. The van der Waals surface area contributed by atoms with Crippen molar-refractivity contribution in [3.8, 4) is 5.75 Å². The lowest BCUT2D eigenvalue weighted by atomic mass is 9.93. The fraction of sp³-hybridized carbons (Fsp3) is 0.611. The van der Waals surface area contributed by atoms with Gasteiger partial charge in [0.25, 0.3) is 0 Å². The molecular formula is C18H26N2O3. The van der Waals surface area contributed by atoms with Gasteiger partial charge in [-0.05, 0) is 51.0 Å². The van der Waals surface area contributed by atoms with E-state index in [1.54, 1.807) is 0 Å². The number of rotatable bonds is 5. The molecule has 5 nitrogen and oxygen atoms in total. The van der Waals surface area contributed by atoms with Crippen LogP contribution in [0.2, 0.25) is 0 Å². The lowest BCUT2D eigenvalue weighted by molar-refractivity contribution is 0.117. The van der Waals surface area contributed by atoms with Crippen molar-refractivity contribution in [3.05, 3.63) is 29.8 Å². The van der Waals surface area contributed by atoms with Crippen LogP contribution in [0.1, 0.15) is 50.5 Å². The molecule has 0 radical (unpaired) electrons. The van der Waals surface area contributed by atoms with Crippen molar-refractivity contribution in [2.45, 2.75) is 69.7 Å². The number of para-hydroxylation sites is 1. The molecule has 2 aliphatic rings. The molecule has 126 valence electrons. The van der Waals surface area contributed by atoms with Crippen molar-refractivity contribution in [1.29, 1.82) is 0 Å². The minimum Gasteiger partial charge on any atom is -0.490 e. The summed E-state index contributed by atoms with van der Waals surface area (Å²) in [4.78, 5) is 12.0. The van der Waals surface area contributed by atoms with Crippen LogP contribution in [0.3, 0.4) is 0 Å². The largest absolute Gasteiger partial charge is 0.490 e. The number of benzene rings is 1. The van der Waals surface area contributed by atoms with Crippen molar-refractivity contribution in [2.24, 2.45) is 0 Å². The fourth-order valence-electron chi connectivity index (χ4n) is 3.07. The van der Waals surface area contributed by atoms with Gasteiger partial charge in [0.05, 0.1) is 12.2 Å². The number of amides is 2. The molecule has 0 aliphatic heterocycles. The number of urea groups is 1. The third kappa shape index (κ3) is 4.61. The molecule has 3 rings (SSSR count). The van der Waals surface area contributed by atoms with E-state index in [1.165, 1.54) is 6.42 Å². The van der Waals surface area contributed by atoms with Crippen LogP contribution in [0.15, 0.2) is 24.3 Å². The van der Waals surface area contributed by atoms with E-state index in [-0.39, 0.29) is 18.2 Å². The molecule has 1 aromatic carbocycles. The first-order chi connectivity index (χ1) is 11.2. The summed E-state index contributed by atoms with van der Waals surface area (Å²) < 4.78 is 5.98. The predicted molar refractivity (Wildman–Crippen MR) is 88.3 cm³/mol. The van der Waals surface area contributed by atoms with E-state index < -0.39 is 0 Å². The van der Waals surface area contributed by atoms with Crippen molar-refractivity contribution in [2.75, 3.05) is 0 Å². The fourth-order valence-corrected chi connectivity index (χ4v) is 3.07. The zero-order chi connectivity index (χ0) is 16.1. The molecule has 2 saturated carbocycles. The lowest BCUT2D eigenvalue weighted by Gasteiger charge is -2.28. The van der Waals surface area contributed by atoms with Crippen LogP contribution in [0, 0.1) is 0 Å². The number of nitrogens with one attached hydrogen (secondary N) is 2. The first kappa shape index (κ1) is 16.1. The van der Waals surface area contributed by atoms with Crippen LogP contribution < -0.4 is 15.4 Å². The van der Waals surface area contributed by atoms with Gasteiger partial charge < -0.3 is 20.5 Å². The molecule has 0 heterocycles. The van der Waals surface area contributed by atoms with Gasteiger partial charge in [-0.2, -0.15) is 0 Å². The molecule has 0 unspecified atom stereocenters. The minimum atomic E-state index is -0.202. The van der Waals surface area contributed by atoms with Crippen LogP contribution in [-0.4, -0.2) is 29.4 Å². The van der Waals surface area contributed by atoms with Crippen molar-refractivity contribution >= 4 is 6.03 Å². The molecule has 3 N–H and O–H groups in total. The van der Waals surface area contributed by atoms with E-state index in [9.17, 15) is 9.90 Å². The monoisotopic (exact) mass is 318 g/mol. The highest BCUT2D eigenvalue weighted by Crippen LogP contribution is 2.27. The summed E-state index contributed by atoms with van der Waals surface area (Å²) in [5.41, 5.74) is 1.01. The zero-order valence-electron chi connectivity index (χ0n) is 13.5. The standard InChI is InChI=1S/C18H26N2O3/c21-15-10-8-14(9-11-15)20-18(22)19-12-13-4-1-2-7-17(13)23-16-5-3-6-16/h1-2,4,7,14-16,21H,3,5-6,8-12H2,(H2,19,20,22). The maximum Gasteiger partial charge on any atom is 0.315 e. The van der Waals surface area contributed by atoms with Crippen LogP contribution in [0.5, 0.6) is 5.75 Å². The first-order valence-corrected chi connectivity index (χ1v) is 8.67. The molecule has 1 aromatic rings. The number of hydrogen-bond acceptors (Lipinski definition) is 3. The van der Waals surface area contributed by atoms with Crippen molar-refractivity contribution in [1.82, 2.24) is 10.6 Å². The van der Waals surface area contributed by atoms with Crippen LogP contribution in [0.4, 0.5) is 4.79 Å². The zero-order valence-corrected chi connectivity index (χ0v) is 13.5. The third-order valence-corrected chi connectivity index (χ3v) is 4.79. The van der Waals surface area contributed by atoms with Crippen molar-refractivity contribution < 1.29 is 14.6 Å². The van der Waals surface area contributed by atoms with Crippen LogP contribution in [0.25, 0.3) is 0 Å². The van der Waals surface area contributed by atoms with Gasteiger partial charge in [-0.1, -0.05) is 18.2 Å². The highest BCUT2D eigenvalue weighted by molar-refractivity contribution is 5.74. The molecule has 0 saturated heterocycles. The Morgan fingerprint density at radius 3 is 2.57 bits per heavy atom. The number of aliphatic hydroxyl groups is 1. The molecule has 2 fully saturated rings. The second kappa shape index (κ2) is 7.68. The molecular weight excluding hydrogens is 292 g/mol. The molecule has 0 bridgehead atoms. The number of carbonyl (C=O) groups excluding carboxylic acids is 1. The van der Waals surface area contributed by atoms with Gasteiger partial charge in [-0.25, -0.2) is 4.79 Å². The first-order valence-electron chi connectivity index (χ1n) is 8.67. The number of hydrogen-bond donors (Lipinski definition) is 3. The van der Waals surface area contributed by atoms with E-state index in [4.69, 9.17) is 4.74 Å². The van der Waals surface area contributed by atoms with Gasteiger partial charge >= 0.3 is 6.03 Å². The molecule has 0 spiro atoms. The average Bonchev–Trinajstić information content (AvgIpc) is 2.52. The molecule has 2 aliphatic carbocycles. The number of carbonyl (C=O) groups is 1. The summed E-state index contributed by atoms with van der Waals surface area (Å²) in [6, 6.07) is 7.90. The normalized spacial score (nSPS) is 24.6. The third-order valence-electron chi connectivity index (χ3n) is 4.79. The maximum atomic E-state index is 12.0. The summed E-state index contributed by atoms with van der Waals surface area (Å²) in [6.07, 6.45) is 6.83. The predicted octanol–water partition coefficient (Wildman–Crippen LogP) is 2.72. The highest BCUT2D eigenvalue weighted by atomic mass is 16.5. The molecule has 23 heavy (non-hydrogen) atoms. The van der Waals surface area contributed by atoms with Crippen molar-refractivity contribution in [3.63, 3.8) is 0 Å². The van der Waals surface area contributed by atoms with E-state index in [0.717, 1.165) is 49.8 Å². The maximum absolute atomic E-state index is 12.0. The van der Waals surface area contributed by atoms with E-state index in [1.807, 2.05) is 24.3 Å². The smallest absolute Gasteiger partial charge is 0.315 e. The van der Waals surface area contributed by atoms with Gasteiger partial charge in [0.15, 0.2) is 0 Å². The van der Waals surface area contributed by atoms with Gasteiger partial charge in [-0.15, -0.1) is 0 Å². The molecule has 0 aromatic heterocycles. The second-order valence-electron chi connectivity index (χ2n) is 6.61. The molecule has 0 atom stereocenters. The van der Waals surface area contributed by atoms with Gasteiger partial charge in [-0.3, -0.25) is 0 Å². The Hall–Kier alpha value is -1.75. The summed E-state index contributed by atoms with van der Waals surface area (Å²) >= 11 is 0. The van der Waals surface area contributed by atoms with E-state index in [2.05, 4.69) is 10.6 Å². The van der Waals surface area contributed by atoms with Gasteiger partial charge in [0.1, 0.15) is 5.75 Å². The van der Waals surface area contributed by atoms with Crippen LogP contribution >= 0.6 is 0 Å². The quantitative estimate of drug-likeness (QED) is 0.782. The lowest BCUT2D eigenvalue weighted by Crippen LogP contribution is -2.43. The summed E-state index contributed by atoms with van der Waals surface area (Å²) in [6.45, 7) is 0.462. The van der Waals surface area contributed by atoms with Gasteiger partial charge in [0.2, 0.25) is 0 Å². The Kier molecular flexibility index (Phi) is 5.39. The second-order valence-corrected chi connectivity index (χ2v) is 6.61.